The topological polar surface area (TPSA) is 59.9 Å². The quantitative estimate of drug-likeness (QED) is 0.567. The van der Waals surface area contributed by atoms with Crippen LogP contribution in [0.5, 0.6) is 0 Å². The first kappa shape index (κ1) is 18.1. The number of aliphatic hydroxyl groups is 1. The fourth-order valence-electron chi connectivity index (χ4n) is 3.92. The highest BCUT2D eigenvalue weighted by Gasteiger charge is 2.25. The van der Waals surface area contributed by atoms with Crippen molar-refractivity contribution < 1.29 is 5.11 Å². The summed E-state index contributed by atoms with van der Waals surface area (Å²) in [6.45, 7) is 5.78. The number of para-hydroxylation sites is 1. The molecule has 0 bridgehead atoms. The van der Waals surface area contributed by atoms with Crippen molar-refractivity contribution in [3.05, 3.63) is 30.3 Å². The maximum absolute atomic E-state index is 10.00. The van der Waals surface area contributed by atoms with Crippen LogP contribution in [0.3, 0.4) is 0 Å². The molecule has 0 aromatic heterocycles. The molecule has 1 heterocycles. The van der Waals surface area contributed by atoms with E-state index >= 15 is 0 Å². The Kier molecular flexibility index (Phi) is 6.56. The molecule has 0 amide bonds. The number of anilines is 1. The van der Waals surface area contributed by atoms with Crippen molar-refractivity contribution in [2.75, 3.05) is 31.1 Å². The van der Waals surface area contributed by atoms with E-state index in [1.165, 1.54) is 18.5 Å². The van der Waals surface area contributed by atoms with Gasteiger partial charge in [-0.2, -0.15) is 0 Å². The molecular formula is C20H32N4O. The summed E-state index contributed by atoms with van der Waals surface area (Å²) >= 11 is 0. The molecule has 3 atom stereocenters. The van der Waals surface area contributed by atoms with Gasteiger partial charge in [0, 0.05) is 43.8 Å². The Balaban J connectivity index is 1.57. The minimum absolute atomic E-state index is 0.171. The predicted octanol–water partition coefficient (Wildman–Crippen LogP) is 2.37. The van der Waals surface area contributed by atoms with Crippen molar-refractivity contribution in [1.82, 2.24) is 10.6 Å². The third kappa shape index (κ3) is 5.11. The molecule has 1 saturated heterocycles. The summed E-state index contributed by atoms with van der Waals surface area (Å²) in [5.74, 6) is 1.21. The Morgan fingerprint density at radius 1 is 1.20 bits per heavy atom. The molecule has 1 aromatic carbocycles. The maximum atomic E-state index is 10.00. The highest BCUT2D eigenvalue weighted by Crippen LogP contribution is 2.25. The van der Waals surface area contributed by atoms with Gasteiger partial charge in [-0.3, -0.25) is 4.99 Å². The second-order valence-electron chi connectivity index (χ2n) is 7.24. The molecular weight excluding hydrogens is 312 g/mol. The zero-order chi connectivity index (χ0) is 17.5. The second-order valence-corrected chi connectivity index (χ2v) is 7.24. The molecule has 1 aliphatic carbocycles. The number of piperidine rings is 1. The summed E-state index contributed by atoms with van der Waals surface area (Å²) in [4.78, 5) is 7.20. The molecule has 2 fully saturated rings. The molecule has 5 nitrogen and oxygen atoms in total. The molecule has 25 heavy (non-hydrogen) atoms. The number of nitrogens with zero attached hydrogens (tertiary/aromatic N) is 2. The molecule has 3 N–H and O–H groups in total. The third-order valence-electron chi connectivity index (χ3n) is 5.33. The molecule has 1 aliphatic heterocycles. The van der Waals surface area contributed by atoms with E-state index in [0.717, 1.165) is 44.9 Å². The number of rotatable bonds is 5. The minimum Gasteiger partial charge on any atom is -0.393 e. The van der Waals surface area contributed by atoms with Crippen LogP contribution >= 0.6 is 0 Å². The molecule has 1 saturated carbocycles. The molecule has 138 valence electrons. The Morgan fingerprint density at radius 3 is 2.76 bits per heavy atom. The van der Waals surface area contributed by atoms with Crippen LogP contribution in [0.25, 0.3) is 0 Å². The number of aliphatic hydroxyl groups excluding tert-OH is 1. The average Bonchev–Trinajstić information content (AvgIpc) is 3.06. The highest BCUT2D eigenvalue weighted by molar-refractivity contribution is 5.80. The van der Waals surface area contributed by atoms with Gasteiger partial charge in [0.1, 0.15) is 0 Å². The van der Waals surface area contributed by atoms with Crippen LogP contribution in [0.4, 0.5) is 5.69 Å². The van der Waals surface area contributed by atoms with Crippen molar-refractivity contribution in [2.45, 2.75) is 51.2 Å². The van der Waals surface area contributed by atoms with Gasteiger partial charge >= 0.3 is 0 Å². The Bertz CT molecular complexity index is 548. The third-order valence-corrected chi connectivity index (χ3v) is 5.33. The summed E-state index contributed by atoms with van der Waals surface area (Å²) in [6.07, 6.45) is 5.33. The van der Waals surface area contributed by atoms with Crippen LogP contribution in [0, 0.1) is 5.92 Å². The Hall–Kier alpha value is -1.75. The summed E-state index contributed by atoms with van der Waals surface area (Å²) in [6, 6.07) is 11.0. The van der Waals surface area contributed by atoms with Crippen LogP contribution in [0.2, 0.25) is 0 Å². The van der Waals surface area contributed by atoms with Crippen molar-refractivity contribution in [3.63, 3.8) is 0 Å². The first-order valence-electron chi connectivity index (χ1n) is 9.79. The fourth-order valence-corrected chi connectivity index (χ4v) is 3.92. The van der Waals surface area contributed by atoms with Crippen molar-refractivity contribution in [3.8, 4) is 0 Å². The lowest BCUT2D eigenvalue weighted by Gasteiger charge is -2.35. The molecule has 3 unspecified atom stereocenters. The monoisotopic (exact) mass is 344 g/mol. The lowest BCUT2D eigenvalue weighted by Crippen LogP contribution is -2.51. The first-order valence-corrected chi connectivity index (χ1v) is 9.79. The average molecular weight is 345 g/mol. The van der Waals surface area contributed by atoms with Gasteiger partial charge < -0.3 is 20.6 Å². The summed E-state index contributed by atoms with van der Waals surface area (Å²) in [5.41, 5.74) is 1.30. The van der Waals surface area contributed by atoms with E-state index in [-0.39, 0.29) is 6.10 Å². The number of nitrogens with one attached hydrogen (secondary N) is 2. The Labute approximate surface area is 151 Å². The lowest BCUT2D eigenvalue weighted by atomic mass is 10.0. The molecule has 2 aliphatic rings. The van der Waals surface area contributed by atoms with Gasteiger partial charge in [0.2, 0.25) is 0 Å². The van der Waals surface area contributed by atoms with Gasteiger partial charge in [-0.15, -0.1) is 0 Å². The lowest BCUT2D eigenvalue weighted by molar-refractivity contribution is 0.136. The van der Waals surface area contributed by atoms with Crippen molar-refractivity contribution in [1.29, 1.82) is 0 Å². The number of aliphatic imine (C=N–C) groups is 1. The van der Waals surface area contributed by atoms with Crippen LogP contribution in [-0.4, -0.2) is 49.4 Å². The summed E-state index contributed by atoms with van der Waals surface area (Å²) in [5, 5.41) is 17.0. The smallest absolute Gasteiger partial charge is 0.191 e. The maximum Gasteiger partial charge on any atom is 0.191 e. The van der Waals surface area contributed by atoms with Gasteiger partial charge in [0.05, 0.1) is 6.10 Å². The number of benzene rings is 1. The summed E-state index contributed by atoms with van der Waals surface area (Å²) < 4.78 is 0. The fraction of sp³-hybridized carbons (Fsp3) is 0.650. The van der Waals surface area contributed by atoms with Crippen molar-refractivity contribution in [2.24, 2.45) is 10.9 Å². The van der Waals surface area contributed by atoms with Crippen molar-refractivity contribution >= 4 is 11.6 Å². The first-order chi connectivity index (χ1) is 12.3. The van der Waals surface area contributed by atoms with Crippen LogP contribution in [0.15, 0.2) is 35.3 Å². The number of hydrogen-bond donors (Lipinski definition) is 3. The van der Waals surface area contributed by atoms with Gasteiger partial charge in [-0.1, -0.05) is 24.6 Å². The SMILES string of the molecule is CCNC(=NCC1CCCC1O)NC1CCCN(c2ccccc2)C1. The van der Waals surface area contributed by atoms with Crippen LogP contribution in [0.1, 0.15) is 39.0 Å². The molecule has 0 spiro atoms. The zero-order valence-corrected chi connectivity index (χ0v) is 15.3. The van der Waals surface area contributed by atoms with Gasteiger partial charge in [-0.25, -0.2) is 0 Å². The zero-order valence-electron chi connectivity index (χ0n) is 15.3. The Morgan fingerprint density at radius 2 is 2.04 bits per heavy atom. The highest BCUT2D eigenvalue weighted by atomic mass is 16.3. The van der Waals surface area contributed by atoms with Gasteiger partial charge in [-0.05, 0) is 44.7 Å². The minimum atomic E-state index is -0.171. The number of guanidine groups is 1. The molecule has 3 rings (SSSR count). The van der Waals surface area contributed by atoms with E-state index in [1.807, 2.05) is 0 Å². The summed E-state index contributed by atoms with van der Waals surface area (Å²) in [7, 11) is 0. The van der Waals surface area contributed by atoms with E-state index in [9.17, 15) is 5.11 Å². The largest absolute Gasteiger partial charge is 0.393 e. The molecule has 0 radical (unpaired) electrons. The van der Waals surface area contributed by atoms with Gasteiger partial charge in [0.25, 0.3) is 0 Å². The molecule has 1 aromatic rings. The van der Waals surface area contributed by atoms with E-state index < -0.39 is 0 Å². The van der Waals surface area contributed by atoms with E-state index in [0.29, 0.717) is 18.5 Å². The standard InChI is InChI=1S/C20H32N4O/c1-2-21-20(22-14-16-8-6-12-19(16)25)23-17-9-7-13-24(15-17)18-10-4-3-5-11-18/h3-5,10-11,16-17,19,25H,2,6-9,12-15H2,1H3,(H2,21,22,23). The van der Waals surface area contributed by atoms with Crippen LogP contribution < -0.4 is 15.5 Å². The van der Waals surface area contributed by atoms with E-state index in [1.54, 1.807) is 0 Å². The number of hydrogen-bond acceptors (Lipinski definition) is 3. The van der Waals surface area contributed by atoms with Crippen LogP contribution in [-0.2, 0) is 0 Å². The second kappa shape index (κ2) is 9.09. The predicted molar refractivity (Wildman–Crippen MR) is 104 cm³/mol. The van der Waals surface area contributed by atoms with Gasteiger partial charge in [0.15, 0.2) is 5.96 Å². The normalized spacial score (nSPS) is 27.4. The van der Waals surface area contributed by atoms with E-state index in [4.69, 9.17) is 4.99 Å². The van der Waals surface area contributed by atoms with E-state index in [2.05, 4.69) is 52.8 Å². The molecule has 5 heteroatoms.